The quantitative estimate of drug-likeness (QED) is 0.744. The molecule has 18 heavy (non-hydrogen) atoms. The fourth-order valence-corrected chi connectivity index (χ4v) is 1.59. The number of anilines is 1. The third kappa shape index (κ3) is 5.31. The molecule has 0 saturated heterocycles. The fourth-order valence-electron chi connectivity index (χ4n) is 1.39. The predicted molar refractivity (Wildman–Crippen MR) is 72.8 cm³/mol. The van der Waals surface area contributed by atoms with Crippen molar-refractivity contribution >= 4 is 23.3 Å². The van der Waals surface area contributed by atoms with E-state index < -0.39 is 0 Å². The Hall–Kier alpha value is -1.36. The first-order chi connectivity index (χ1) is 8.65. The number of nitrogens with zero attached hydrogens (tertiary/aromatic N) is 2. The van der Waals surface area contributed by atoms with Gasteiger partial charge < -0.3 is 10.6 Å². The number of rotatable bonds is 7. The van der Waals surface area contributed by atoms with Crippen LogP contribution in [0.5, 0.6) is 0 Å². The molecule has 0 bridgehead atoms. The summed E-state index contributed by atoms with van der Waals surface area (Å²) < 4.78 is 0. The molecule has 0 saturated carbocycles. The Balaban J connectivity index is 2.53. The number of halogens is 1. The molecule has 0 aliphatic rings. The zero-order valence-electron chi connectivity index (χ0n) is 10.8. The van der Waals surface area contributed by atoms with Gasteiger partial charge in [-0.1, -0.05) is 25.4 Å². The van der Waals surface area contributed by atoms with Crippen LogP contribution >= 0.6 is 11.6 Å². The first-order valence-electron chi connectivity index (χ1n) is 6.19. The molecule has 1 aromatic rings. The third-order valence-corrected chi connectivity index (χ3v) is 2.41. The van der Waals surface area contributed by atoms with Gasteiger partial charge >= 0.3 is 0 Å². The summed E-state index contributed by atoms with van der Waals surface area (Å²) in [6.45, 7) is 4.94. The van der Waals surface area contributed by atoms with E-state index >= 15 is 0 Å². The molecule has 6 heteroatoms. The molecule has 5 nitrogen and oxygen atoms in total. The number of carbonyl (C=O) groups is 1. The van der Waals surface area contributed by atoms with E-state index in [1.54, 1.807) is 6.07 Å². The second kappa shape index (κ2) is 7.87. The van der Waals surface area contributed by atoms with Gasteiger partial charge in [-0.05, 0) is 12.8 Å². The molecule has 0 spiro atoms. The monoisotopic (exact) mass is 270 g/mol. The number of hydrogen-bond donors (Lipinski definition) is 2. The van der Waals surface area contributed by atoms with Crippen LogP contribution in [-0.2, 0) is 11.2 Å². The Morgan fingerprint density at radius 2 is 2.11 bits per heavy atom. The molecular formula is C12H19ClN4O. The molecule has 0 aliphatic heterocycles. The van der Waals surface area contributed by atoms with Gasteiger partial charge in [0, 0.05) is 19.0 Å². The summed E-state index contributed by atoms with van der Waals surface area (Å²) in [6, 6.07) is 1.62. The number of amides is 1. The minimum atomic E-state index is -0.0522. The summed E-state index contributed by atoms with van der Waals surface area (Å²) in [5.74, 6) is 1.23. The summed E-state index contributed by atoms with van der Waals surface area (Å²) in [7, 11) is 0. The minimum absolute atomic E-state index is 0.0522. The summed E-state index contributed by atoms with van der Waals surface area (Å²) in [5.41, 5.74) is 0. The number of aryl methyl sites for hydroxylation is 1. The van der Waals surface area contributed by atoms with Gasteiger partial charge in [-0.2, -0.15) is 0 Å². The molecule has 100 valence electrons. The highest BCUT2D eigenvalue weighted by Crippen LogP contribution is 2.12. The van der Waals surface area contributed by atoms with Crippen LogP contribution in [-0.4, -0.2) is 29.0 Å². The Morgan fingerprint density at radius 1 is 1.33 bits per heavy atom. The van der Waals surface area contributed by atoms with Crippen molar-refractivity contribution in [1.29, 1.82) is 0 Å². The van der Waals surface area contributed by atoms with Crippen LogP contribution < -0.4 is 10.6 Å². The van der Waals surface area contributed by atoms with Crippen molar-refractivity contribution in [2.45, 2.75) is 33.1 Å². The molecule has 2 N–H and O–H groups in total. The maximum Gasteiger partial charge on any atom is 0.239 e. The van der Waals surface area contributed by atoms with E-state index in [0.29, 0.717) is 23.3 Å². The number of hydrogen-bond acceptors (Lipinski definition) is 4. The van der Waals surface area contributed by atoms with Gasteiger partial charge in [-0.15, -0.1) is 0 Å². The lowest BCUT2D eigenvalue weighted by Gasteiger charge is -2.08. The maximum absolute atomic E-state index is 11.4. The van der Waals surface area contributed by atoms with Crippen molar-refractivity contribution in [2.75, 3.05) is 18.4 Å². The molecule has 0 aromatic carbocycles. The standard InChI is InChI=1S/C12H19ClN4O/c1-3-5-10-16-9(13)7-11(17-10)15-8-12(18)14-6-4-2/h7H,3-6,8H2,1-2H3,(H,14,18)(H,15,16,17). The molecule has 1 heterocycles. The van der Waals surface area contributed by atoms with E-state index in [4.69, 9.17) is 11.6 Å². The summed E-state index contributed by atoms with van der Waals surface area (Å²) in [6.07, 6.45) is 2.65. The number of nitrogens with one attached hydrogen (secondary N) is 2. The van der Waals surface area contributed by atoms with Crippen molar-refractivity contribution in [3.05, 3.63) is 17.0 Å². The van der Waals surface area contributed by atoms with Gasteiger partial charge in [0.05, 0.1) is 6.54 Å². The van der Waals surface area contributed by atoms with Crippen LogP contribution in [0, 0.1) is 0 Å². The molecule has 1 rings (SSSR count). The highest BCUT2D eigenvalue weighted by atomic mass is 35.5. The van der Waals surface area contributed by atoms with Gasteiger partial charge in [0.1, 0.15) is 16.8 Å². The Bertz CT molecular complexity index is 398. The van der Waals surface area contributed by atoms with Crippen LogP contribution in [0.25, 0.3) is 0 Å². The average Bonchev–Trinajstić information content (AvgIpc) is 2.33. The van der Waals surface area contributed by atoms with Crippen LogP contribution in [0.3, 0.4) is 0 Å². The highest BCUT2D eigenvalue weighted by molar-refractivity contribution is 6.29. The molecule has 0 unspecified atom stereocenters. The summed E-state index contributed by atoms with van der Waals surface area (Å²) in [4.78, 5) is 19.8. The zero-order chi connectivity index (χ0) is 13.4. The molecule has 0 fully saturated rings. The second-order valence-corrected chi connectivity index (χ2v) is 4.33. The lowest BCUT2D eigenvalue weighted by atomic mass is 10.3. The molecular weight excluding hydrogens is 252 g/mol. The van der Waals surface area contributed by atoms with E-state index in [9.17, 15) is 4.79 Å². The van der Waals surface area contributed by atoms with Gasteiger partial charge in [0.2, 0.25) is 5.91 Å². The van der Waals surface area contributed by atoms with Gasteiger partial charge in [0.15, 0.2) is 0 Å². The van der Waals surface area contributed by atoms with Gasteiger partial charge in [0.25, 0.3) is 0 Å². The molecule has 0 radical (unpaired) electrons. The van der Waals surface area contributed by atoms with Crippen molar-refractivity contribution in [2.24, 2.45) is 0 Å². The fraction of sp³-hybridized carbons (Fsp3) is 0.583. The van der Waals surface area contributed by atoms with Gasteiger partial charge in [-0.3, -0.25) is 4.79 Å². The number of aromatic nitrogens is 2. The van der Waals surface area contributed by atoms with Crippen molar-refractivity contribution in [3.63, 3.8) is 0 Å². The first kappa shape index (κ1) is 14.7. The summed E-state index contributed by atoms with van der Waals surface area (Å²) >= 11 is 5.89. The second-order valence-electron chi connectivity index (χ2n) is 3.95. The number of carbonyl (C=O) groups excluding carboxylic acids is 1. The maximum atomic E-state index is 11.4. The van der Waals surface area contributed by atoms with Crippen LogP contribution in [0.15, 0.2) is 6.07 Å². The molecule has 0 atom stereocenters. The minimum Gasteiger partial charge on any atom is -0.361 e. The van der Waals surface area contributed by atoms with Crippen LogP contribution in [0.4, 0.5) is 5.82 Å². The lowest BCUT2D eigenvalue weighted by Crippen LogP contribution is -2.30. The smallest absolute Gasteiger partial charge is 0.239 e. The Morgan fingerprint density at radius 3 is 2.78 bits per heavy atom. The normalized spacial score (nSPS) is 10.2. The molecule has 1 amide bonds. The molecule has 0 aliphatic carbocycles. The third-order valence-electron chi connectivity index (χ3n) is 2.22. The Kier molecular flexibility index (Phi) is 6.43. The lowest BCUT2D eigenvalue weighted by molar-refractivity contribution is -0.119. The SMILES string of the molecule is CCCNC(=O)CNc1cc(Cl)nc(CCC)n1. The van der Waals surface area contributed by atoms with Crippen molar-refractivity contribution in [1.82, 2.24) is 15.3 Å². The van der Waals surface area contributed by atoms with E-state index in [0.717, 1.165) is 19.3 Å². The summed E-state index contributed by atoms with van der Waals surface area (Å²) in [5, 5.41) is 6.12. The zero-order valence-corrected chi connectivity index (χ0v) is 11.5. The largest absolute Gasteiger partial charge is 0.361 e. The van der Waals surface area contributed by atoms with Crippen molar-refractivity contribution < 1.29 is 4.79 Å². The topological polar surface area (TPSA) is 66.9 Å². The van der Waals surface area contributed by atoms with E-state index in [1.807, 2.05) is 6.92 Å². The Labute approximate surface area is 112 Å². The molecule has 1 aromatic heterocycles. The van der Waals surface area contributed by atoms with E-state index in [2.05, 4.69) is 27.5 Å². The van der Waals surface area contributed by atoms with Gasteiger partial charge in [-0.25, -0.2) is 9.97 Å². The van der Waals surface area contributed by atoms with Crippen molar-refractivity contribution in [3.8, 4) is 0 Å². The van der Waals surface area contributed by atoms with E-state index in [1.165, 1.54) is 0 Å². The first-order valence-corrected chi connectivity index (χ1v) is 6.57. The van der Waals surface area contributed by atoms with E-state index in [-0.39, 0.29) is 12.5 Å². The van der Waals surface area contributed by atoms with Crippen LogP contribution in [0.2, 0.25) is 5.15 Å². The highest BCUT2D eigenvalue weighted by Gasteiger charge is 2.04. The van der Waals surface area contributed by atoms with Crippen LogP contribution in [0.1, 0.15) is 32.5 Å². The predicted octanol–water partition coefficient (Wildman–Crippen LogP) is 2.02. The average molecular weight is 271 g/mol.